The second-order valence-corrected chi connectivity index (χ2v) is 9.40. The van der Waals surface area contributed by atoms with E-state index in [1.165, 1.54) is 21.8 Å². The van der Waals surface area contributed by atoms with Gasteiger partial charge in [-0.05, 0) is 29.8 Å². The number of hydrogen-bond donors (Lipinski definition) is 0. The number of carbonyl (C=O) groups excluding carboxylic acids is 1. The normalized spacial score (nSPS) is 17.6. The molecular weight excluding hydrogens is 431 g/mol. The van der Waals surface area contributed by atoms with E-state index in [9.17, 15) is 24.2 Å². The van der Waals surface area contributed by atoms with Gasteiger partial charge < -0.3 is 9.80 Å². The molecule has 2 aromatic heterocycles. The minimum Gasteiger partial charge on any atom is -0.352 e. The third-order valence-electron chi connectivity index (χ3n) is 4.80. The van der Waals surface area contributed by atoms with Gasteiger partial charge in [-0.1, -0.05) is 31.6 Å². The van der Waals surface area contributed by atoms with Crippen molar-refractivity contribution in [2.24, 2.45) is 0 Å². The Morgan fingerprint density at radius 1 is 1.00 bits per heavy atom. The number of benzene rings is 1. The van der Waals surface area contributed by atoms with Crippen molar-refractivity contribution in [3.63, 3.8) is 0 Å². The van der Waals surface area contributed by atoms with Gasteiger partial charge in [0, 0.05) is 26.2 Å². The maximum atomic E-state index is 13.0. The van der Waals surface area contributed by atoms with Crippen LogP contribution in [-0.2, 0) is 11.2 Å². The van der Waals surface area contributed by atoms with Gasteiger partial charge in [0.2, 0.25) is 5.91 Å². The number of hydrogen-bond acceptors (Lipinski definition) is 5. The number of rotatable bonds is 4. The number of piperazine rings is 1. The number of carbonyl (C=O) groups is 1. The molecular formula is C17H17F5N6OS. The van der Waals surface area contributed by atoms with E-state index < -0.39 is 21.0 Å². The summed E-state index contributed by atoms with van der Waals surface area (Å²) in [5.74, 6) is 0.258. The number of fused-ring (bicyclic) bond motifs is 1. The van der Waals surface area contributed by atoms with Crippen molar-refractivity contribution in [2.45, 2.75) is 11.3 Å². The SMILES string of the molecule is O=C(Cc1cccc(S(F)(F)(F)(F)F)c1)N1CCN(c2ccc3nncn3n2)CC1. The minimum atomic E-state index is -9.78. The number of nitrogens with zero attached hydrogens (tertiary/aromatic N) is 6. The highest BCUT2D eigenvalue weighted by Gasteiger charge is 2.65. The number of halogens is 5. The van der Waals surface area contributed by atoms with Crippen molar-refractivity contribution in [1.82, 2.24) is 24.7 Å². The van der Waals surface area contributed by atoms with Crippen LogP contribution in [0.15, 0.2) is 47.6 Å². The minimum absolute atomic E-state index is 0.104. The molecule has 1 amide bonds. The van der Waals surface area contributed by atoms with Gasteiger partial charge in [-0.3, -0.25) is 4.79 Å². The quantitative estimate of drug-likeness (QED) is 0.570. The average molecular weight is 448 g/mol. The highest BCUT2D eigenvalue weighted by molar-refractivity contribution is 8.45. The lowest BCUT2D eigenvalue weighted by atomic mass is 10.1. The van der Waals surface area contributed by atoms with Crippen LogP contribution in [0.25, 0.3) is 5.65 Å². The van der Waals surface area contributed by atoms with Crippen molar-refractivity contribution >= 4 is 27.6 Å². The first-order chi connectivity index (χ1) is 13.9. The lowest BCUT2D eigenvalue weighted by molar-refractivity contribution is -0.130. The summed E-state index contributed by atoms with van der Waals surface area (Å²) in [6, 6.07) is 6.35. The molecule has 3 heterocycles. The molecule has 4 rings (SSSR count). The zero-order chi connectivity index (χ0) is 21.6. The van der Waals surface area contributed by atoms with Crippen molar-refractivity contribution < 1.29 is 24.2 Å². The molecule has 1 aromatic carbocycles. The molecule has 13 heteroatoms. The average Bonchev–Trinajstić information content (AvgIpc) is 3.14. The van der Waals surface area contributed by atoms with E-state index >= 15 is 0 Å². The molecule has 162 valence electrons. The fraction of sp³-hybridized carbons (Fsp3) is 0.294. The molecule has 30 heavy (non-hydrogen) atoms. The smallest absolute Gasteiger partial charge is 0.310 e. The van der Waals surface area contributed by atoms with Crippen LogP contribution in [-0.4, -0.2) is 56.8 Å². The first-order valence-corrected chi connectivity index (χ1v) is 10.9. The predicted molar refractivity (Wildman–Crippen MR) is 101 cm³/mol. The molecule has 1 aliphatic heterocycles. The van der Waals surface area contributed by atoms with Crippen LogP contribution in [0.3, 0.4) is 0 Å². The lowest BCUT2D eigenvalue weighted by Crippen LogP contribution is -2.49. The van der Waals surface area contributed by atoms with Crippen LogP contribution >= 0.6 is 10.2 Å². The van der Waals surface area contributed by atoms with Crippen LogP contribution in [0.5, 0.6) is 0 Å². The molecule has 0 atom stereocenters. The second kappa shape index (κ2) is 6.27. The Bertz CT molecular complexity index is 1110. The third kappa shape index (κ3) is 4.30. The summed E-state index contributed by atoms with van der Waals surface area (Å²) in [7, 11) is -9.78. The molecule has 1 saturated heterocycles. The fourth-order valence-corrected chi connectivity index (χ4v) is 3.96. The molecule has 0 bridgehead atoms. The number of aromatic nitrogens is 4. The van der Waals surface area contributed by atoms with Gasteiger partial charge in [0.1, 0.15) is 17.0 Å². The molecule has 0 radical (unpaired) electrons. The Balaban J connectivity index is 1.40. The zero-order valence-electron chi connectivity index (χ0n) is 15.5. The molecule has 0 aliphatic carbocycles. The molecule has 0 N–H and O–H groups in total. The molecule has 0 unspecified atom stereocenters. The summed E-state index contributed by atoms with van der Waals surface area (Å²) >= 11 is 0. The summed E-state index contributed by atoms with van der Waals surface area (Å²) < 4.78 is 66.4. The van der Waals surface area contributed by atoms with E-state index in [4.69, 9.17) is 0 Å². The Hall–Kier alpha value is -2.96. The van der Waals surface area contributed by atoms with Crippen molar-refractivity contribution in [2.75, 3.05) is 31.1 Å². The van der Waals surface area contributed by atoms with Gasteiger partial charge >= 0.3 is 10.2 Å². The Kier molecular flexibility index (Phi) is 4.24. The van der Waals surface area contributed by atoms with Crippen LogP contribution < -0.4 is 4.90 Å². The highest BCUT2D eigenvalue weighted by atomic mass is 32.5. The van der Waals surface area contributed by atoms with Gasteiger partial charge in [-0.25, -0.2) is 0 Å². The summed E-state index contributed by atoms with van der Waals surface area (Å²) in [5.41, 5.74) is 0.495. The summed E-state index contributed by atoms with van der Waals surface area (Å²) in [5, 5.41) is 12.0. The molecule has 0 saturated carbocycles. The van der Waals surface area contributed by atoms with Gasteiger partial charge in [-0.2, -0.15) is 4.52 Å². The zero-order valence-corrected chi connectivity index (χ0v) is 16.3. The largest absolute Gasteiger partial charge is 0.352 e. The molecule has 1 fully saturated rings. The van der Waals surface area contributed by atoms with E-state index in [-0.39, 0.29) is 12.0 Å². The highest BCUT2D eigenvalue weighted by Crippen LogP contribution is 3.02. The van der Waals surface area contributed by atoms with Crippen LogP contribution in [0.2, 0.25) is 0 Å². The van der Waals surface area contributed by atoms with E-state index in [0.717, 1.165) is 6.07 Å². The van der Waals surface area contributed by atoms with Gasteiger partial charge in [0.25, 0.3) is 0 Å². The van der Waals surface area contributed by atoms with Crippen LogP contribution in [0.4, 0.5) is 25.2 Å². The van der Waals surface area contributed by atoms with Gasteiger partial charge in [0.15, 0.2) is 5.65 Å². The van der Waals surface area contributed by atoms with E-state index in [2.05, 4.69) is 15.3 Å². The van der Waals surface area contributed by atoms with E-state index in [1.54, 1.807) is 12.1 Å². The third-order valence-corrected chi connectivity index (χ3v) is 5.95. The number of anilines is 1. The van der Waals surface area contributed by atoms with Crippen molar-refractivity contribution in [3.05, 3.63) is 48.3 Å². The number of amides is 1. The first kappa shape index (κ1) is 20.3. The summed E-state index contributed by atoms with van der Waals surface area (Å²) in [4.78, 5) is 14.0. The van der Waals surface area contributed by atoms with Crippen LogP contribution in [0, 0.1) is 0 Å². The van der Waals surface area contributed by atoms with Crippen molar-refractivity contribution in [3.8, 4) is 0 Å². The standard InChI is InChI=1S/C17H17F5N6OS/c18-30(19,20,21,22)14-3-1-2-13(10-14)11-17(29)27-8-6-26(7-9-27)16-5-4-15-24-23-12-28(15)25-16/h1-5,10,12H,6-9,11H2. The maximum Gasteiger partial charge on any atom is 0.310 e. The van der Waals surface area contributed by atoms with Crippen molar-refractivity contribution in [1.29, 1.82) is 0 Å². The van der Waals surface area contributed by atoms with Crippen LogP contribution in [0.1, 0.15) is 5.56 Å². The summed E-state index contributed by atoms with van der Waals surface area (Å²) in [6.45, 7) is 1.61. The topological polar surface area (TPSA) is 66.6 Å². The van der Waals surface area contributed by atoms with E-state index in [0.29, 0.717) is 49.8 Å². The maximum absolute atomic E-state index is 13.0. The predicted octanol–water partition coefficient (Wildman–Crippen LogP) is 3.67. The molecule has 3 aromatic rings. The Labute approximate surface area is 167 Å². The monoisotopic (exact) mass is 448 g/mol. The van der Waals surface area contributed by atoms with E-state index in [1.807, 2.05) is 4.90 Å². The first-order valence-electron chi connectivity index (χ1n) is 8.92. The molecule has 7 nitrogen and oxygen atoms in total. The lowest BCUT2D eigenvalue weighted by Gasteiger charge is -2.40. The fourth-order valence-electron chi connectivity index (χ4n) is 3.25. The molecule has 1 aliphatic rings. The molecule has 0 spiro atoms. The Morgan fingerprint density at radius 3 is 2.43 bits per heavy atom. The van der Waals surface area contributed by atoms with Gasteiger partial charge in [0.05, 0.1) is 6.42 Å². The summed E-state index contributed by atoms with van der Waals surface area (Å²) in [6.07, 6.45) is 1.09. The second-order valence-electron chi connectivity index (χ2n) is 6.99. The Morgan fingerprint density at radius 2 is 1.73 bits per heavy atom. The van der Waals surface area contributed by atoms with Gasteiger partial charge in [-0.15, -0.1) is 15.3 Å².